The van der Waals surface area contributed by atoms with E-state index < -0.39 is 6.36 Å². The van der Waals surface area contributed by atoms with Crippen LogP contribution in [-0.4, -0.2) is 22.8 Å². The standard InChI is InChI=1S/C26H16Cl3F3N4O2S/c27-16-10-20(28)23(21(29)11-16)34-25(39)35-33-12-13-1-7-18-15(9-13)4-8-19-22(18)36-38-24(19)14-2-5-17(6-3-14)37-26(30,31)32/h1-3,5-7,9-12H,4,8H2,(H2,34,35,39)/b33-12+. The highest BCUT2D eigenvalue weighted by atomic mass is 35.5. The number of thiocarbonyl (C=S) groups is 1. The van der Waals surface area contributed by atoms with Crippen LogP contribution in [-0.2, 0) is 12.8 Å². The molecular formula is C26H16Cl3F3N4O2S. The number of benzene rings is 3. The molecule has 2 N–H and O–H groups in total. The van der Waals surface area contributed by atoms with Gasteiger partial charge in [-0.3, -0.25) is 5.43 Å². The summed E-state index contributed by atoms with van der Waals surface area (Å²) in [6, 6.07) is 14.4. The normalized spacial score (nSPS) is 12.7. The van der Waals surface area contributed by atoms with E-state index in [1.165, 1.54) is 24.3 Å². The van der Waals surface area contributed by atoms with Crippen LogP contribution in [0.5, 0.6) is 5.75 Å². The highest BCUT2D eigenvalue weighted by molar-refractivity contribution is 7.80. The molecule has 0 spiro atoms. The number of fused-ring (bicyclic) bond motifs is 3. The number of rotatable bonds is 5. The number of alkyl halides is 3. The molecule has 0 aliphatic heterocycles. The largest absolute Gasteiger partial charge is 0.573 e. The highest BCUT2D eigenvalue weighted by Gasteiger charge is 2.31. The zero-order chi connectivity index (χ0) is 27.7. The van der Waals surface area contributed by atoms with Crippen LogP contribution in [0.1, 0.15) is 16.7 Å². The molecule has 0 unspecified atom stereocenters. The van der Waals surface area contributed by atoms with Crippen molar-refractivity contribution in [3.8, 4) is 28.3 Å². The van der Waals surface area contributed by atoms with Crippen molar-refractivity contribution in [1.82, 2.24) is 10.6 Å². The van der Waals surface area contributed by atoms with Crippen molar-refractivity contribution in [2.75, 3.05) is 5.32 Å². The maximum absolute atomic E-state index is 12.4. The van der Waals surface area contributed by atoms with Gasteiger partial charge in [-0.25, -0.2) is 0 Å². The van der Waals surface area contributed by atoms with Gasteiger partial charge in [0.2, 0.25) is 0 Å². The summed E-state index contributed by atoms with van der Waals surface area (Å²) in [7, 11) is 0. The molecule has 200 valence electrons. The molecule has 0 bridgehead atoms. The Morgan fingerprint density at radius 2 is 1.74 bits per heavy atom. The lowest BCUT2D eigenvalue weighted by Crippen LogP contribution is -2.24. The summed E-state index contributed by atoms with van der Waals surface area (Å²) in [6.45, 7) is 0. The molecule has 4 aromatic rings. The first kappa shape index (κ1) is 27.3. The zero-order valence-corrected chi connectivity index (χ0v) is 22.7. The van der Waals surface area contributed by atoms with Gasteiger partial charge in [0.25, 0.3) is 0 Å². The Labute approximate surface area is 240 Å². The smallest absolute Gasteiger partial charge is 0.406 e. The Morgan fingerprint density at radius 1 is 1.03 bits per heavy atom. The molecule has 0 saturated carbocycles. The van der Waals surface area contributed by atoms with Crippen molar-refractivity contribution in [3.63, 3.8) is 0 Å². The summed E-state index contributed by atoms with van der Waals surface area (Å²) in [6.07, 6.45) is -1.77. The number of hydrogen-bond acceptors (Lipinski definition) is 5. The average Bonchev–Trinajstić information content (AvgIpc) is 3.30. The van der Waals surface area contributed by atoms with Gasteiger partial charge < -0.3 is 14.6 Å². The molecule has 5 rings (SSSR count). The van der Waals surface area contributed by atoms with Gasteiger partial charge in [-0.1, -0.05) is 52.1 Å². The third kappa shape index (κ3) is 6.30. The second-order valence-electron chi connectivity index (χ2n) is 8.40. The fourth-order valence-corrected chi connectivity index (χ4v) is 5.21. The molecule has 6 nitrogen and oxygen atoms in total. The summed E-state index contributed by atoms with van der Waals surface area (Å²) < 4.78 is 46.9. The topological polar surface area (TPSA) is 71.7 Å². The maximum atomic E-state index is 12.4. The van der Waals surface area contributed by atoms with E-state index in [0.29, 0.717) is 50.6 Å². The lowest BCUT2D eigenvalue weighted by molar-refractivity contribution is -0.274. The predicted molar refractivity (Wildman–Crippen MR) is 150 cm³/mol. The van der Waals surface area contributed by atoms with Crippen LogP contribution in [0.3, 0.4) is 0 Å². The maximum Gasteiger partial charge on any atom is 0.573 e. The molecule has 13 heteroatoms. The predicted octanol–water partition coefficient (Wildman–Crippen LogP) is 8.29. The van der Waals surface area contributed by atoms with Crippen LogP contribution in [0.4, 0.5) is 18.9 Å². The Morgan fingerprint density at radius 3 is 2.44 bits per heavy atom. The molecule has 0 amide bonds. The van der Waals surface area contributed by atoms with Crippen molar-refractivity contribution < 1.29 is 22.4 Å². The Kier molecular flexibility index (Phi) is 7.73. The van der Waals surface area contributed by atoms with Gasteiger partial charge in [0.15, 0.2) is 10.9 Å². The zero-order valence-electron chi connectivity index (χ0n) is 19.6. The van der Waals surface area contributed by atoms with E-state index in [-0.39, 0.29) is 10.9 Å². The number of aromatic nitrogens is 1. The molecular weight excluding hydrogens is 596 g/mol. The van der Waals surface area contributed by atoms with Gasteiger partial charge >= 0.3 is 6.36 Å². The highest BCUT2D eigenvalue weighted by Crippen LogP contribution is 2.39. The van der Waals surface area contributed by atoms with Crippen LogP contribution in [0.15, 0.2) is 64.2 Å². The average molecular weight is 612 g/mol. The van der Waals surface area contributed by atoms with Gasteiger partial charge in [-0.05, 0) is 78.7 Å². The lowest BCUT2D eigenvalue weighted by Gasteiger charge is -2.16. The van der Waals surface area contributed by atoms with Crippen LogP contribution in [0.25, 0.3) is 22.6 Å². The number of hydrogen-bond donors (Lipinski definition) is 2. The fourth-order valence-electron chi connectivity index (χ4n) is 4.15. The number of halogens is 6. The third-order valence-corrected chi connectivity index (χ3v) is 6.80. The van der Waals surface area contributed by atoms with Gasteiger partial charge in [-0.2, -0.15) is 5.10 Å². The number of ether oxygens (including phenoxy) is 1. The van der Waals surface area contributed by atoms with E-state index in [1.807, 2.05) is 18.2 Å². The minimum atomic E-state index is -4.75. The molecule has 0 radical (unpaired) electrons. The molecule has 1 heterocycles. The van der Waals surface area contributed by atoms with E-state index in [2.05, 4.69) is 25.7 Å². The van der Waals surface area contributed by atoms with E-state index in [4.69, 9.17) is 51.5 Å². The number of anilines is 1. The van der Waals surface area contributed by atoms with E-state index in [1.54, 1.807) is 18.3 Å². The fraction of sp³-hybridized carbons (Fsp3) is 0.115. The quantitative estimate of drug-likeness (QED) is 0.134. The second-order valence-corrected chi connectivity index (χ2v) is 10.1. The van der Waals surface area contributed by atoms with Crippen LogP contribution in [0.2, 0.25) is 15.1 Å². The second kappa shape index (κ2) is 11.1. The van der Waals surface area contributed by atoms with Crippen LogP contribution >= 0.6 is 47.0 Å². The van der Waals surface area contributed by atoms with Crippen molar-refractivity contribution in [3.05, 3.63) is 86.4 Å². The first-order valence-electron chi connectivity index (χ1n) is 11.3. The molecule has 39 heavy (non-hydrogen) atoms. The number of aryl methyl sites for hydroxylation is 1. The number of nitrogens with zero attached hydrogens (tertiary/aromatic N) is 2. The third-order valence-electron chi connectivity index (χ3n) is 5.79. The summed E-state index contributed by atoms with van der Waals surface area (Å²) in [5.41, 5.74) is 8.15. The van der Waals surface area contributed by atoms with Crippen molar-refractivity contribution in [1.29, 1.82) is 0 Å². The van der Waals surface area contributed by atoms with Crippen LogP contribution in [0, 0.1) is 0 Å². The molecule has 0 atom stereocenters. The summed E-state index contributed by atoms with van der Waals surface area (Å²) >= 11 is 23.5. The summed E-state index contributed by atoms with van der Waals surface area (Å²) in [4.78, 5) is 0. The van der Waals surface area contributed by atoms with Gasteiger partial charge in [0.1, 0.15) is 11.4 Å². The molecule has 1 aliphatic carbocycles. The monoisotopic (exact) mass is 610 g/mol. The molecule has 0 saturated heterocycles. The van der Waals surface area contributed by atoms with Crippen molar-refractivity contribution in [2.45, 2.75) is 19.2 Å². The van der Waals surface area contributed by atoms with Crippen molar-refractivity contribution >= 4 is 64.0 Å². The summed E-state index contributed by atoms with van der Waals surface area (Å²) in [5, 5.41) is 12.5. The molecule has 0 fully saturated rings. The van der Waals surface area contributed by atoms with E-state index in [0.717, 1.165) is 22.3 Å². The Hall–Kier alpha value is -3.31. The number of nitrogens with one attached hydrogen (secondary N) is 2. The van der Waals surface area contributed by atoms with Crippen molar-refractivity contribution in [2.24, 2.45) is 5.10 Å². The first-order chi connectivity index (χ1) is 18.6. The van der Waals surface area contributed by atoms with Gasteiger partial charge in [0, 0.05) is 21.7 Å². The first-order valence-corrected chi connectivity index (χ1v) is 12.8. The van der Waals surface area contributed by atoms with Gasteiger partial charge in [-0.15, -0.1) is 13.2 Å². The van der Waals surface area contributed by atoms with Crippen LogP contribution < -0.4 is 15.5 Å². The Balaban J connectivity index is 1.27. The Bertz CT molecular complexity index is 1570. The minimum Gasteiger partial charge on any atom is -0.406 e. The summed E-state index contributed by atoms with van der Waals surface area (Å²) in [5.74, 6) is 0.216. The lowest BCUT2D eigenvalue weighted by atomic mass is 9.87. The SMILES string of the molecule is FC(F)(F)Oc1ccc(-c2onc3c2CCc2cc(/C=N/NC(=S)Nc4c(Cl)cc(Cl)cc4Cl)ccc2-3)cc1. The van der Waals surface area contributed by atoms with E-state index in [9.17, 15) is 13.2 Å². The molecule has 1 aromatic heterocycles. The van der Waals surface area contributed by atoms with Gasteiger partial charge in [0.05, 0.1) is 21.9 Å². The minimum absolute atomic E-state index is 0.188. The van der Waals surface area contributed by atoms with E-state index >= 15 is 0 Å². The molecule has 3 aromatic carbocycles. The molecule has 1 aliphatic rings. The number of hydrazone groups is 1.